The highest BCUT2D eigenvalue weighted by Crippen LogP contribution is 2.61. The molecule has 26 heavy (non-hydrogen) atoms. The Kier molecular flexibility index (Phi) is 3.57. The third-order valence-corrected chi connectivity index (χ3v) is 6.86. The molecule has 1 spiro atoms. The lowest BCUT2D eigenvalue weighted by atomic mass is 9.53. The van der Waals surface area contributed by atoms with Gasteiger partial charge in [0.25, 0.3) is 0 Å². The quantitative estimate of drug-likeness (QED) is 0.451. The molecule has 0 unspecified atom stereocenters. The molecule has 0 saturated carbocycles. The maximum absolute atomic E-state index is 11.9. The molecule has 1 saturated heterocycles. The van der Waals surface area contributed by atoms with Crippen molar-refractivity contribution in [1.29, 1.82) is 0 Å². The van der Waals surface area contributed by atoms with Gasteiger partial charge in [-0.25, -0.2) is 4.79 Å². The number of likely N-dealkylation sites (tertiary alicyclic amines) is 1. The number of rotatable bonds is 2. The van der Waals surface area contributed by atoms with Crippen LogP contribution in [-0.2, 0) is 21.3 Å². The van der Waals surface area contributed by atoms with Crippen LogP contribution in [0.3, 0.4) is 0 Å². The average molecular weight is 376 g/mol. The third kappa shape index (κ3) is 1.99. The minimum Gasteiger partial charge on any atom is -0.485 e. The zero-order chi connectivity index (χ0) is 18.1. The number of piperidine rings is 1. The van der Waals surface area contributed by atoms with Crippen LogP contribution in [0.2, 0.25) is 0 Å². The van der Waals surface area contributed by atoms with Crippen LogP contribution >= 0.6 is 11.6 Å². The first-order valence-electron chi connectivity index (χ1n) is 9.14. The van der Waals surface area contributed by atoms with E-state index in [9.17, 15) is 4.79 Å². The molecule has 1 aromatic rings. The van der Waals surface area contributed by atoms with Crippen molar-refractivity contribution in [2.75, 3.05) is 19.7 Å². The summed E-state index contributed by atoms with van der Waals surface area (Å²) in [5, 5.41) is 0. The van der Waals surface area contributed by atoms with E-state index in [0.29, 0.717) is 12.0 Å². The molecule has 6 heteroatoms. The molecule has 4 aliphatic rings. The fourth-order valence-corrected chi connectivity index (χ4v) is 5.75. The highest BCUT2D eigenvalue weighted by Gasteiger charge is 2.64. The van der Waals surface area contributed by atoms with E-state index in [-0.39, 0.29) is 17.6 Å². The van der Waals surface area contributed by atoms with Crippen molar-refractivity contribution in [2.45, 2.75) is 43.4 Å². The molecule has 0 amide bonds. The molecule has 1 aromatic carbocycles. The first kappa shape index (κ1) is 16.5. The number of benzene rings is 1. The fraction of sp³-hybridized carbons (Fsp3) is 0.550. The molecule has 2 heterocycles. The maximum atomic E-state index is 11.9. The van der Waals surface area contributed by atoms with Gasteiger partial charge in [-0.1, -0.05) is 29.8 Å². The van der Waals surface area contributed by atoms with Gasteiger partial charge in [0.05, 0.1) is 0 Å². The van der Waals surface area contributed by atoms with Crippen molar-refractivity contribution in [3.05, 3.63) is 41.0 Å². The number of aryl methyl sites for hydroxylation is 1. The van der Waals surface area contributed by atoms with E-state index in [1.54, 1.807) is 0 Å². The highest BCUT2D eigenvalue weighted by atomic mass is 35.5. The van der Waals surface area contributed by atoms with E-state index in [2.05, 4.69) is 37.1 Å². The Balaban J connectivity index is 1.64. The van der Waals surface area contributed by atoms with Crippen molar-refractivity contribution in [3.8, 4) is 5.75 Å². The smallest absolute Gasteiger partial charge is 0.485 e. The zero-order valence-corrected chi connectivity index (χ0v) is 15.7. The van der Waals surface area contributed by atoms with Crippen molar-refractivity contribution in [2.24, 2.45) is 5.92 Å². The minimum absolute atomic E-state index is 0.132. The Bertz CT molecular complexity index is 809. The van der Waals surface area contributed by atoms with Crippen LogP contribution in [0.4, 0.5) is 4.79 Å². The summed E-state index contributed by atoms with van der Waals surface area (Å²) < 4.78 is 16.9. The van der Waals surface area contributed by atoms with E-state index in [4.69, 9.17) is 25.8 Å². The van der Waals surface area contributed by atoms with E-state index in [1.165, 1.54) is 11.1 Å². The topological polar surface area (TPSA) is 48.0 Å². The Hall–Kier alpha value is -1.72. The maximum Gasteiger partial charge on any atom is 0.510 e. The summed E-state index contributed by atoms with van der Waals surface area (Å²) in [4.78, 5) is 14.4. The van der Waals surface area contributed by atoms with Crippen LogP contribution in [0.25, 0.3) is 0 Å². The van der Waals surface area contributed by atoms with Gasteiger partial charge in [-0.2, -0.15) is 0 Å². The summed E-state index contributed by atoms with van der Waals surface area (Å²) in [6.07, 6.45) is 4.80. The molecule has 138 valence electrons. The normalized spacial score (nSPS) is 36.3. The number of likely N-dealkylation sites (N-methyl/N-ethyl adjacent to an activating group) is 1. The van der Waals surface area contributed by atoms with Crippen LogP contribution in [0, 0.1) is 12.8 Å². The SMILES string of the molecule is Cc1ccc2c3c1O[C@H]1[C@@H](OC(=O)OCCl)C=C[C@H]4[C@@H](C2)N(C)CC[C@@]341. The average Bonchev–Trinajstić information content (AvgIpc) is 2.97. The molecule has 2 aliphatic heterocycles. The second-order valence-electron chi connectivity index (χ2n) is 7.82. The Morgan fingerprint density at radius 2 is 2.27 bits per heavy atom. The molecule has 0 N–H and O–H groups in total. The van der Waals surface area contributed by atoms with Gasteiger partial charge in [0, 0.05) is 22.9 Å². The molecular formula is C20H22ClNO4. The largest absolute Gasteiger partial charge is 0.510 e. The summed E-state index contributed by atoms with van der Waals surface area (Å²) in [5.74, 6) is 1.36. The van der Waals surface area contributed by atoms with Crippen molar-refractivity contribution >= 4 is 17.8 Å². The predicted molar refractivity (Wildman–Crippen MR) is 96.7 cm³/mol. The Labute approximate surface area is 157 Å². The lowest BCUT2D eigenvalue weighted by Crippen LogP contribution is -2.65. The molecule has 2 aliphatic carbocycles. The molecule has 0 radical (unpaired) electrons. The second-order valence-corrected chi connectivity index (χ2v) is 8.04. The van der Waals surface area contributed by atoms with E-state index < -0.39 is 12.3 Å². The second kappa shape index (κ2) is 5.64. The fourth-order valence-electron chi connectivity index (χ4n) is 5.66. The summed E-state index contributed by atoms with van der Waals surface area (Å²) in [5.41, 5.74) is 3.73. The predicted octanol–water partition coefficient (Wildman–Crippen LogP) is 3.16. The number of carbonyl (C=O) groups excluding carboxylic acids is 1. The number of ether oxygens (including phenoxy) is 3. The summed E-state index contributed by atoms with van der Waals surface area (Å²) in [6.45, 7) is 3.10. The standard InChI is InChI=1S/C20H22ClNO4/c1-11-3-4-12-9-14-13-5-6-15(25-19(23)24-10-21)18-20(13,7-8-22(14)2)16(12)17(11)26-18/h3-6,13-15,18H,7-10H2,1-2H3/t13-,14+,15-,18-,20-/m0/s1. The van der Waals surface area contributed by atoms with Crippen molar-refractivity contribution < 1.29 is 19.0 Å². The first-order chi connectivity index (χ1) is 12.6. The lowest BCUT2D eigenvalue weighted by Gasteiger charge is -2.56. The zero-order valence-electron chi connectivity index (χ0n) is 14.9. The van der Waals surface area contributed by atoms with E-state index >= 15 is 0 Å². The Morgan fingerprint density at radius 1 is 1.42 bits per heavy atom. The number of alkyl halides is 1. The van der Waals surface area contributed by atoms with Gasteiger partial charge in [0.1, 0.15) is 11.9 Å². The van der Waals surface area contributed by atoms with Crippen LogP contribution in [0.1, 0.15) is 23.1 Å². The van der Waals surface area contributed by atoms with Crippen molar-refractivity contribution in [3.63, 3.8) is 0 Å². The molecule has 5 rings (SSSR count). The lowest BCUT2D eigenvalue weighted by molar-refractivity contribution is -0.0612. The van der Waals surface area contributed by atoms with Gasteiger partial charge >= 0.3 is 6.16 Å². The number of hydrogen-bond acceptors (Lipinski definition) is 5. The van der Waals surface area contributed by atoms with Crippen molar-refractivity contribution in [1.82, 2.24) is 4.90 Å². The van der Waals surface area contributed by atoms with Gasteiger partial charge in [-0.05, 0) is 50.6 Å². The van der Waals surface area contributed by atoms with Gasteiger partial charge in [0.2, 0.25) is 0 Å². The van der Waals surface area contributed by atoms with E-state index in [0.717, 1.165) is 30.7 Å². The van der Waals surface area contributed by atoms with Gasteiger partial charge in [-0.15, -0.1) is 0 Å². The molecule has 1 fully saturated rings. The van der Waals surface area contributed by atoms with Gasteiger partial charge in [-0.3, -0.25) is 0 Å². The monoisotopic (exact) mass is 375 g/mol. The van der Waals surface area contributed by atoms with Crippen LogP contribution in [0.5, 0.6) is 5.75 Å². The molecular weight excluding hydrogens is 354 g/mol. The number of hydrogen-bond donors (Lipinski definition) is 0. The number of halogens is 1. The van der Waals surface area contributed by atoms with Gasteiger partial charge in [0.15, 0.2) is 12.2 Å². The molecule has 0 aromatic heterocycles. The summed E-state index contributed by atoms with van der Waals surface area (Å²) >= 11 is 5.49. The summed E-state index contributed by atoms with van der Waals surface area (Å²) in [6, 6.07) is 4.62. The van der Waals surface area contributed by atoms with Crippen LogP contribution in [0.15, 0.2) is 24.3 Å². The molecule has 5 nitrogen and oxygen atoms in total. The minimum atomic E-state index is -0.749. The highest BCUT2D eigenvalue weighted by molar-refractivity contribution is 6.17. The van der Waals surface area contributed by atoms with Crippen LogP contribution < -0.4 is 4.74 Å². The van der Waals surface area contributed by atoms with E-state index in [1.807, 2.05) is 6.08 Å². The molecule has 2 bridgehead atoms. The molecule has 5 atom stereocenters. The first-order valence-corrected chi connectivity index (χ1v) is 9.67. The Morgan fingerprint density at radius 3 is 3.08 bits per heavy atom. The number of carbonyl (C=O) groups is 1. The third-order valence-electron chi connectivity index (χ3n) is 6.75. The van der Waals surface area contributed by atoms with Crippen LogP contribution in [-0.4, -0.2) is 49.0 Å². The summed E-state index contributed by atoms with van der Waals surface area (Å²) in [7, 11) is 2.21. The number of nitrogens with zero attached hydrogens (tertiary/aromatic N) is 1. The van der Waals surface area contributed by atoms with Gasteiger partial charge < -0.3 is 19.1 Å².